The van der Waals surface area contributed by atoms with Gasteiger partial charge in [0.25, 0.3) is 0 Å². The molecule has 0 N–H and O–H groups in total. The summed E-state index contributed by atoms with van der Waals surface area (Å²) in [7, 11) is 2.05. The van der Waals surface area contributed by atoms with Gasteiger partial charge in [0, 0.05) is 0 Å². The van der Waals surface area contributed by atoms with Crippen LogP contribution in [0, 0.1) is 23.2 Å². The van der Waals surface area contributed by atoms with E-state index in [1.807, 2.05) is 6.92 Å². The summed E-state index contributed by atoms with van der Waals surface area (Å²) in [5, 5.41) is 0. The average Bonchev–Trinajstić information content (AvgIpc) is 2.35. The molecule has 0 aromatic carbocycles. The lowest BCUT2D eigenvalue weighted by Crippen LogP contribution is -2.47. The SMILES string of the molecule is CCOC(=O)CN(C)CCC12CC3CC(CC(C3)C1)C2. The third-order valence-electron chi connectivity index (χ3n) is 5.89. The van der Waals surface area contributed by atoms with Gasteiger partial charge in [-0.3, -0.25) is 9.69 Å². The molecule has 4 rings (SSSR count). The van der Waals surface area contributed by atoms with E-state index in [2.05, 4.69) is 11.9 Å². The third kappa shape index (κ3) is 3.03. The Morgan fingerprint density at radius 3 is 2.20 bits per heavy atom. The summed E-state index contributed by atoms with van der Waals surface area (Å²) < 4.78 is 5.03. The van der Waals surface area contributed by atoms with Crippen molar-refractivity contribution >= 4 is 5.97 Å². The standard InChI is InChI=1S/C17H29NO2/c1-3-20-16(19)12-18(2)5-4-17-9-13-6-14(10-17)8-15(7-13)11-17/h13-15H,3-12H2,1-2H3. The van der Waals surface area contributed by atoms with Crippen LogP contribution in [0.3, 0.4) is 0 Å². The number of carbonyl (C=O) groups is 1. The average molecular weight is 279 g/mol. The van der Waals surface area contributed by atoms with Gasteiger partial charge in [0.2, 0.25) is 0 Å². The first-order valence-corrected chi connectivity index (χ1v) is 8.43. The lowest BCUT2D eigenvalue weighted by atomic mass is 9.49. The van der Waals surface area contributed by atoms with Gasteiger partial charge in [0.05, 0.1) is 13.2 Å². The van der Waals surface area contributed by atoms with Gasteiger partial charge in [-0.1, -0.05) is 0 Å². The van der Waals surface area contributed by atoms with Crippen LogP contribution in [0.2, 0.25) is 0 Å². The van der Waals surface area contributed by atoms with Crippen LogP contribution in [-0.4, -0.2) is 37.6 Å². The van der Waals surface area contributed by atoms with E-state index in [0.717, 1.165) is 24.3 Å². The van der Waals surface area contributed by atoms with Crippen LogP contribution in [0.4, 0.5) is 0 Å². The van der Waals surface area contributed by atoms with Crippen molar-refractivity contribution in [2.75, 3.05) is 26.7 Å². The number of hydrogen-bond donors (Lipinski definition) is 0. The predicted molar refractivity (Wildman–Crippen MR) is 79.4 cm³/mol. The highest BCUT2D eigenvalue weighted by Crippen LogP contribution is 2.61. The van der Waals surface area contributed by atoms with Crippen LogP contribution in [0.1, 0.15) is 51.9 Å². The number of rotatable bonds is 6. The van der Waals surface area contributed by atoms with E-state index < -0.39 is 0 Å². The van der Waals surface area contributed by atoms with Gasteiger partial charge in [-0.2, -0.15) is 0 Å². The minimum atomic E-state index is -0.0829. The fraction of sp³-hybridized carbons (Fsp3) is 0.941. The Balaban J connectivity index is 1.49. The first-order valence-electron chi connectivity index (χ1n) is 8.43. The van der Waals surface area contributed by atoms with Gasteiger partial charge in [-0.25, -0.2) is 0 Å². The number of carbonyl (C=O) groups excluding carboxylic acids is 1. The van der Waals surface area contributed by atoms with Gasteiger partial charge in [0.15, 0.2) is 0 Å². The quantitative estimate of drug-likeness (QED) is 0.700. The molecule has 3 nitrogen and oxygen atoms in total. The maximum atomic E-state index is 11.5. The number of ether oxygens (including phenoxy) is 1. The second kappa shape index (κ2) is 5.67. The molecular weight excluding hydrogens is 250 g/mol. The third-order valence-corrected chi connectivity index (χ3v) is 5.89. The van der Waals surface area contributed by atoms with E-state index in [1.54, 1.807) is 0 Å². The van der Waals surface area contributed by atoms with Crippen molar-refractivity contribution in [3.63, 3.8) is 0 Å². The maximum Gasteiger partial charge on any atom is 0.320 e. The molecule has 0 unspecified atom stereocenters. The minimum absolute atomic E-state index is 0.0829. The second-order valence-corrected chi connectivity index (χ2v) is 7.71. The zero-order valence-electron chi connectivity index (χ0n) is 13.1. The molecule has 0 heterocycles. The van der Waals surface area contributed by atoms with Crippen molar-refractivity contribution in [2.24, 2.45) is 23.2 Å². The second-order valence-electron chi connectivity index (χ2n) is 7.71. The normalized spacial score (nSPS) is 38.5. The van der Waals surface area contributed by atoms with Crippen molar-refractivity contribution < 1.29 is 9.53 Å². The number of likely N-dealkylation sites (N-methyl/N-ethyl adjacent to an activating group) is 1. The molecule has 0 radical (unpaired) electrons. The molecule has 0 amide bonds. The monoisotopic (exact) mass is 279 g/mol. The molecule has 4 aliphatic carbocycles. The summed E-state index contributed by atoms with van der Waals surface area (Å²) in [4.78, 5) is 13.7. The van der Waals surface area contributed by atoms with Crippen molar-refractivity contribution in [1.29, 1.82) is 0 Å². The molecular formula is C17H29NO2. The Bertz CT molecular complexity index is 331. The summed E-state index contributed by atoms with van der Waals surface area (Å²) in [6, 6.07) is 0. The molecule has 4 bridgehead atoms. The van der Waals surface area contributed by atoms with Crippen LogP contribution < -0.4 is 0 Å². The fourth-order valence-electron chi connectivity index (χ4n) is 5.53. The van der Waals surface area contributed by atoms with Crippen LogP contribution in [0.25, 0.3) is 0 Å². The van der Waals surface area contributed by atoms with Crippen LogP contribution in [0.5, 0.6) is 0 Å². The molecule has 4 fully saturated rings. The van der Waals surface area contributed by atoms with E-state index in [4.69, 9.17) is 4.74 Å². The molecule has 0 aliphatic heterocycles. The highest BCUT2D eigenvalue weighted by molar-refractivity contribution is 5.71. The smallest absolute Gasteiger partial charge is 0.320 e. The Kier molecular flexibility index (Phi) is 4.07. The van der Waals surface area contributed by atoms with Crippen molar-refractivity contribution in [2.45, 2.75) is 51.9 Å². The molecule has 0 spiro atoms. The lowest BCUT2D eigenvalue weighted by molar-refractivity contribution is -0.144. The molecule has 114 valence electrons. The predicted octanol–water partition coefficient (Wildman–Crippen LogP) is 3.09. The highest BCUT2D eigenvalue weighted by Gasteiger charge is 2.50. The topological polar surface area (TPSA) is 29.5 Å². The van der Waals surface area contributed by atoms with E-state index in [9.17, 15) is 4.79 Å². The van der Waals surface area contributed by atoms with E-state index >= 15 is 0 Å². The van der Waals surface area contributed by atoms with Crippen molar-refractivity contribution in [3.05, 3.63) is 0 Å². The Morgan fingerprint density at radius 1 is 1.15 bits per heavy atom. The molecule has 20 heavy (non-hydrogen) atoms. The molecule has 3 heteroatoms. The highest BCUT2D eigenvalue weighted by atomic mass is 16.5. The summed E-state index contributed by atoms with van der Waals surface area (Å²) in [6.45, 7) is 3.85. The van der Waals surface area contributed by atoms with Crippen molar-refractivity contribution in [3.8, 4) is 0 Å². The summed E-state index contributed by atoms with van der Waals surface area (Å²) in [6.07, 6.45) is 10.2. The van der Waals surface area contributed by atoms with Gasteiger partial charge in [-0.05, 0) is 88.6 Å². The molecule has 0 saturated heterocycles. The molecule has 0 aromatic heterocycles. The molecule has 0 aromatic rings. The number of hydrogen-bond acceptors (Lipinski definition) is 3. The van der Waals surface area contributed by atoms with Gasteiger partial charge >= 0.3 is 5.97 Å². The lowest BCUT2D eigenvalue weighted by Gasteiger charge is -2.57. The Hall–Kier alpha value is -0.570. The largest absolute Gasteiger partial charge is 0.465 e. The fourth-order valence-corrected chi connectivity index (χ4v) is 5.53. The number of esters is 1. The van der Waals surface area contributed by atoms with Crippen LogP contribution in [-0.2, 0) is 9.53 Å². The van der Waals surface area contributed by atoms with E-state index in [1.165, 1.54) is 44.9 Å². The van der Waals surface area contributed by atoms with E-state index in [0.29, 0.717) is 18.6 Å². The van der Waals surface area contributed by atoms with Gasteiger partial charge in [-0.15, -0.1) is 0 Å². The molecule has 4 aliphatic rings. The summed E-state index contributed by atoms with van der Waals surface area (Å²) in [5.41, 5.74) is 0.623. The molecule has 4 saturated carbocycles. The van der Waals surface area contributed by atoms with Crippen LogP contribution >= 0.6 is 0 Å². The van der Waals surface area contributed by atoms with Crippen LogP contribution in [0.15, 0.2) is 0 Å². The maximum absolute atomic E-state index is 11.5. The number of nitrogens with zero attached hydrogens (tertiary/aromatic N) is 1. The summed E-state index contributed by atoms with van der Waals surface area (Å²) >= 11 is 0. The van der Waals surface area contributed by atoms with Gasteiger partial charge < -0.3 is 4.74 Å². The zero-order valence-corrected chi connectivity index (χ0v) is 13.1. The zero-order chi connectivity index (χ0) is 14.2. The Labute approximate surface area is 123 Å². The van der Waals surface area contributed by atoms with Crippen molar-refractivity contribution in [1.82, 2.24) is 4.90 Å². The molecule has 0 atom stereocenters. The Morgan fingerprint density at radius 2 is 1.70 bits per heavy atom. The van der Waals surface area contributed by atoms with Gasteiger partial charge in [0.1, 0.15) is 0 Å². The minimum Gasteiger partial charge on any atom is -0.465 e. The first kappa shape index (κ1) is 14.4. The van der Waals surface area contributed by atoms with E-state index in [-0.39, 0.29) is 5.97 Å². The summed E-state index contributed by atoms with van der Waals surface area (Å²) in [5.74, 6) is 2.99. The first-order chi connectivity index (χ1) is 9.58.